The van der Waals surface area contributed by atoms with E-state index in [2.05, 4.69) is 75.9 Å². The summed E-state index contributed by atoms with van der Waals surface area (Å²) in [5.41, 5.74) is 4.94. The first kappa shape index (κ1) is 19.7. The molecule has 2 aliphatic heterocycles. The van der Waals surface area contributed by atoms with Gasteiger partial charge in [0, 0.05) is 46.4 Å². The van der Waals surface area contributed by atoms with E-state index in [0.29, 0.717) is 11.8 Å². The van der Waals surface area contributed by atoms with Gasteiger partial charge in [-0.05, 0) is 67.1 Å². The Balaban J connectivity index is 1.29. The summed E-state index contributed by atoms with van der Waals surface area (Å²) in [4.78, 5) is 8.36. The van der Waals surface area contributed by atoms with Gasteiger partial charge in [-0.2, -0.15) is 0 Å². The van der Waals surface area contributed by atoms with Gasteiger partial charge in [-0.3, -0.25) is 9.88 Å². The van der Waals surface area contributed by atoms with Crippen molar-refractivity contribution in [2.24, 2.45) is 5.92 Å². The number of rotatable bonds is 4. The number of fused-ring (bicyclic) bond motifs is 2. The molecule has 0 saturated carbocycles. The topological polar surface area (TPSA) is 25.4 Å². The number of aromatic nitrogens is 1. The maximum absolute atomic E-state index is 6.42. The van der Waals surface area contributed by atoms with Crippen molar-refractivity contribution in [3.63, 3.8) is 0 Å². The fraction of sp³-hybridized carbons (Fsp3) is 0.250. The summed E-state index contributed by atoms with van der Waals surface area (Å²) in [6.07, 6.45) is 6.16. The fourth-order valence-electron chi connectivity index (χ4n) is 5.28. The molecule has 0 radical (unpaired) electrons. The Bertz CT molecular complexity index is 1200. The van der Waals surface area contributed by atoms with Crippen LogP contribution < -0.4 is 4.74 Å². The molecule has 4 aromatic rings. The number of benzene rings is 2. The molecule has 1 unspecified atom stereocenters. The van der Waals surface area contributed by atoms with E-state index in [-0.39, 0.29) is 0 Å². The van der Waals surface area contributed by atoms with Crippen LogP contribution in [0.2, 0.25) is 0 Å². The molecule has 1 saturated heterocycles. The maximum Gasteiger partial charge on any atom is 0.131 e. The highest BCUT2D eigenvalue weighted by Gasteiger charge is 2.35. The second kappa shape index (κ2) is 8.53. The molecule has 2 aromatic heterocycles. The van der Waals surface area contributed by atoms with Gasteiger partial charge in [0.05, 0.1) is 0 Å². The molecule has 1 atom stereocenters. The number of para-hydroxylation sites is 1. The zero-order valence-corrected chi connectivity index (χ0v) is 18.8. The van der Waals surface area contributed by atoms with Gasteiger partial charge in [0.2, 0.25) is 0 Å². The minimum atomic E-state index is 0.391. The summed E-state index contributed by atoms with van der Waals surface area (Å²) in [6.45, 7) is 3.40. The van der Waals surface area contributed by atoms with E-state index in [9.17, 15) is 0 Å². The van der Waals surface area contributed by atoms with Gasteiger partial charge in [-0.1, -0.05) is 42.5 Å². The zero-order chi connectivity index (χ0) is 21.3. The van der Waals surface area contributed by atoms with Crippen LogP contribution >= 0.6 is 11.3 Å². The average Bonchev–Trinajstić information content (AvgIpc) is 3.36. The molecule has 6 rings (SSSR count). The van der Waals surface area contributed by atoms with Crippen LogP contribution in [0.4, 0.5) is 0 Å². The Morgan fingerprint density at radius 3 is 2.56 bits per heavy atom. The number of likely N-dealkylation sites (tertiary alicyclic amines) is 1. The molecule has 160 valence electrons. The third kappa shape index (κ3) is 3.74. The molecule has 4 heterocycles. The predicted molar refractivity (Wildman–Crippen MR) is 130 cm³/mol. The molecule has 0 aliphatic carbocycles. The van der Waals surface area contributed by atoms with Crippen LogP contribution in [0.25, 0.3) is 11.1 Å². The lowest BCUT2D eigenvalue weighted by atomic mass is 9.74. The standard InChI is InChI=1S/C28H26N2OS/c1-2-8-26-24(7-1)28(20-11-14-30(15-12-20)19-23-6-4-16-32-23)25-10-9-21(17-27(25)31-26)22-5-3-13-29-18-22/h1-10,13,16-18,20,28H,11-12,14-15,19H2. The fourth-order valence-corrected chi connectivity index (χ4v) is 6.03. The number of nitrogens with zero attached hydrogens (tertiary/aromatic N) is 2. The molecule has 0 amide bonds. The summed E-state index contributed by atoms with van der Waals surface area (Å²) >= 11 is 1.86. The molecule has 4 heteroatoms. The van der Waals surface area contributed by atoms with Crippen LogP contribution in [0.1, 0.15) is 34.8 Å². The summed E-state index contributed by atoms with van der Waals surface area (Å²) in [5, 5.41) is 2.18. The Hall–Kier alpha value is -2.95. The SMILES string of the molecule is c1cncc(-c2ccc3c(c2)Oc2ccccc2C3C2CCN(Cc3cccs3)CC2)c1. The van der Waals surface area contributed by atoms with E-state index in [1.165, 1.54) is 28.8 Å². The van der Waals surface area contributed by atoms with Crippen molar-refractivity contribution in [1.82, 2.24) is 9.88 Å². The smallest absolute Gasteiger partial charge is 0.131 e. The molecule has 2 aliphatic rings. The normalized spacial score (nSPS) is 18.6. The van der Waals surface area contributed by atoms with Crippen LogP contribution in [0.5, 0.6) is 11.5 Å². The Morgan fingerprint density at radius 2 is 1.75 bits per heavy atom. The molecule has 32 heavy (non-hydrogen) atoms. The molecular formula is C28H26N2OS. The van der Waals surface area contributed by atoms with Gasteiger partial charge in [0.25, 0.3) is 0 Å². The van der Waals surface area contributed by atoms with E-state index >= 15 is 0 Å². The summed E-state index contributed by atoms with van der Waals surface area (Å²) < 4.78 is 6.42. The van der Waals surface area contributed by atoms with E-state index in [4.69, 9.17) is 4.74 Å². The van der Waals surface area contributed by atoms with Gasteiger partial charge >= 0.3 is 0 Å². The molecular weight excluding hydrogens is 412 g/mol. The minimum absolute atomic E-state index is 0.391. The maximum atomic E-state index is 6.42. The number of hydrogen-bond donors (Lipinski definition) is 0. The second-order valence-corrected chi connectivity index (χ2v) is 9.84. The quantitative estimate of drug-likeness (QED) is 0.344. The van der Waals surface area contributed by atoms with Crippen LogP contribution in [-0.2, 0) is 6.54 Å². The lowest BCUT2D eigenvalue weighted by Crippen LogP contribution is -2.35. The Kier molecular flexibility index (Phi) is 5.26. The van der Waals surface area contributed by atoms with Gasteiger partial charge in [0.15, 0.2) is 0 Å². The lowest BCUT2D eigenvalue weighted by molar-refractivity contribution is 0.167. The number of thiophene rings is 1. The first-order chi connectivity index (χ1) is 15.8. The molecule has 1 fully saturated rings. The van der Waals surface area contributed by atoms with E-state index in [0.717, 1.165) is 42.3 Å². The number of ether oxygens (including phenoxy) is 1. The van der Waals surface area contributed by atoms with E-state index in [1.54, 1.807) is 0 Å². The highest BCUT2D eigenvalue weighted by Crippen LogP contribution is 2.50. The molecule has 2 aromatic carbocycles. The van der Waals surface area contributed by atoms with Crippen molar-refractivity contribution in [3.05, 3.63) is 101 Å². The number of hydrogen-bond acceptors (Lipinski definition) is 4. The highest BCUT2D eigenvalue weighted by molar-refractivity contribution is 7.09. The molecule has 0 N–H and O–H groups in total. The summed E-state index contributed by atoms with van der Waals surface area (Å²) in [5.74, 6) is 3.02. The first-order valence-corrected chi connectivity index (χ1v) is 12.3. The molecule has 3 nitrogen and oxygen atoms in total. The Morgan fingerprint density at radius 1 is 0.875 bits per heavy atom. The monoisotopic (exact) mass is 438 g/mol. The predicted octanol–water partition coefficient (Wildman–Crippen LogP) is 6.96. The van der Waals surface area contributed by atoms with Crippen LogP contribution in [0.3, 0.4) is 0 Å². The van der Waals surface area contributed by atoms with Crippen molar-refractivity contribution in [2.45, 2.75) is 25.3 Å². The first-order valence-electron chi connectivity index (χ1n) is 11.4. The second-order valence-electron chi connectivity index (χ2n) is 8.80. The Labute approximate surface area is 193 Å². The largest absolute Gasteiger partial charge is 0.457 e. The van der Waals surface area contributed by atoms with Crippen molar-refractivity contribution in [2.75, 3.05) is 13.1 Å². The van der Waals surface area contributed by atoms with Crippen LogP contribution in [0.15, 0.2) is 84.5 Å². The minimum Gasteiger partial charge on any atom is -0.457 e. The third-order valence-electron chi connectivity index (χ3n) is 6.88. The number of piperidine rings is 1. The van der Waals surface area contributed by atoms with Gasteiger partial charge < -0.3 is 4.74 Å². The van der Waals surface area contributed by atoms with Gasteiger partial charge in [-0.15, -0.1) is 11.3 Å². The van der Waals surface area contributed by atoms with Crippen molar-refractivity contribution in [3.8, 4) is 22.6 Å². The van der Waals surface area contributed by atoms with Gasteiger partial charge in [0.1, 0.15) is 11.5 Å². The average molecular weight is 439 g/mol. The summed E-state index contributed by atoms with van der Waals surface area (Å²) in [7, 11) is 0. The van der Waals surface area contributed by atoms with Crippen molar-refractivity contribution in [1.29, 1.82) is 0 Å². The van der Waals surface area contributed by atoms with E-state index < -0.39 is 0 Å². The van der Waals surface area contributed by atoms with E-state index in [1.807, 2.05) is 29.8 Å². The highest BCUT2D eigenvalue weighted by atomic mass is 32.1. The van der Waals surface area contributed by atoms with Crippen LogP contribution in [0, 0.1) is 5.92 Å². The third-order valence-corrected chi connectivity index (χ3v) is 7.74. The lowest BCUT2D eigenvalue weighted by Gasteiger charge is -2.39. The van der Waals surface area contributed by atoms with Crippen molar-refractivity contribution < 1.29 is 4.74 Å². The molecule has 0 spiro atoms. The summed E-state index contributed by atoms with van der Waals surface area (Å²) in [6, 6.07) is 23.8. The molecule has 0 bridgehead atoms. The van der Waals surface area contributed by atoms with Crippen molar-refractivity contribution >= 4 is 11.3 Å². The van der Waals surface area contributed by atoms with Crippen LogP contribution in [-0.4, -0.2) is 23.0 Å². The van der Waals surface area contributed by atoms with Gasteiger partial charge in [-0.25, -0.2) is 0 Å². The zero-order valence-electron chi connectivity index (χ0n) is 18.0. The number of pyridine rings is 1.